The van der Waals surface area contributed by atoms with Gasteiger partial charge in [-0.25, -0.2) is 4.39 Å². The van der Waals surface area contributed by atoms with Crippen LogP contribution < -0.4 is 4.74 Å². The van der Waals surface area contributed by atoms with Crippen LogP contribution in [0.15, 0.2) is 72.6 Å². The summed E-state index contributed by atoms with van der Waals surface area (Å²) in [5.41, 5.74) is 2.77. The molecule has 2 aromatic carbocycles. The third kappa shape index (κ3) is 4.80. The number of likely N-dealkylation sites (tertiary alicyclic amines) is 1. The summed E-state index contributed by atoms with van der Waals surface area (Å²) < 4.78 is 18.7. The number of hydrogen-bond acceptors (Lipinski definition) is 5. The van der Waals surface area contributed by atoms with E-state index in [2.05, 4.69) is 4.98 Å². The third-order valence-electron chi connectivity index (χ3n) is 6.22. The van der Waals surface area contributed by atoms with E-state index >= 15 is 0 Å². The lowest BCUT2D eigenvalue weighted by Crippen LogP contribution is -2.31. The molecule has 0 bridgehead atoms. The van der Waals surface area contributed by atoms with Crippen molar-refractivity contribution in [2.75, 3.05) is 13.7 Å². The highest BCUT2D eigenvalue weighted by molar-refractivity contribution is 6.46. The number of aliphatic hydroxyl groups is 1. The van der Waals surface area contributed by atoms with Gasteiger partial charge in [0.05, 0.1) is 18.7 Å². The normalized spacial score (nSPS) is 17.3. The minimum absolute atomic E-state index is 0.0157. The number of halogens is 1. The van der Waals surface area contributed by atoms with Crippen molar-refractivity contribution in [3.63, 3.8) is 0 Å². The second kappa shape index (κ2) is 10.1. The maximum atomic E-state index is 13.3. The summed E-state index contributed by atoms with van der Waals surface area (Å²) in [6.45, 7) is 4.23. The van der Waals surface area contributed by atoms with Crippen molar-refractivity contribution in [1.82, 2.24) is 9.88 Å². The molecule has 1 unspecified atom stereocenters. The second-order valence-electron chi connectivity index (χ2n) is 8.77. The highest BCUT2D eigenvalue weighted by atomic mass is 19.1. The zero-order chi connectivity index (χ0) is 25.1. The van der Waals surface area contributed by atoms with Crippen molar-refractivity contribution in [2.45, 2.75) is 32.2 Å². The number of aromatic nitrogens is 1. The molecule has 1 fully saturated rings. The van der Waals surface area contributed by atoms with Crippen LogP contribution in [0.3, 0.4) is 0 Å². The molecule has 0 radical (unpaired) electrons. The summed E-state index contributed by atoms with van der Waals surface area (Å²) in [5, 5.41) is 11.3. The minimum Gasteiger partial charge on any atom is -0.507 e. The van der Waals surface area contributed by atoms with Crippen LogP contribution in [0.5, 0.6) is 5.75 Å². The molecule has 0 aliphatic carbocycles. The number of nitrogens with zero attached hydrogens (tertiary/aromatic N) is 2. The van der Waals surface area contributed by atoms with Crippen molar-refractivity contribution >= 4 is 17.4 Å². The molecule has 0 spiro atoms. The number of rotatable bonds is 7. The van der Waals surface area contributed by atoms with Crippen LogP contribution in [0.25, 0.3) is 5.76 Å². The molecule has 35 heavy (non-hydrogen) atoms. The van der Waals surface area contributed by atoms with Gasteiger partial charge in [-0.2, -0.15) is 0 Å². The predicted molar refractivity (Wildman–Crippen MR) is 130 cm³/mol. The lowest BCUT2D eigenvalue weighted by Gasteiger charge is -2.25. The quantitative estimate of drug-likeness (QED) is 0.296. The molecular weight excluding hydrogens is 447 g/mol. The van der Waals surface area contributed by atoms with E-state index in [-0.39, 0.29) is 29.6 Å². The Morgan fingerprint density at radius 2 is 1.89 bits per heavy atom. The van der Waals surface area contributed by atoms with Crippen LogP contribution in [-0.4, -0.2) is 40.3 Å². The smallest absolute Gasteiger partial charge is 0.295 e. The van der Waals surface area contributed by atoms with Crippen LogP contribution in [0.1, 0.15) is 48.1 Å². The molecule has 180 valence electrons. The number of carbonyl (C=O) groups excluding carboxylic acids is 2. The maximum absolute atomic E-state index is 13.3. The third-order valence-corrected chi connectivity index (χ3v) is 6.22. The van der Waals surface area contributed by atoms with Crippen molar-refractivity contribution in [3.8, 4) is 5.75 Å². The monoisotopic (exact) mass is 474 g/mol. The molecule has 1 saturated heterocycles. The summed E-state index contributed by atoms with van der Waals surface area (Å²) in [4.78, 5) is 31.9. The van der Waals surface area contributed by atoms with Crippen LogP contribution >= 0.6 is 0 Å². The SMILES string of the molecule is COc1ccc(/C(O)=C2/C(=O)C(=O)N(CCc3ccc(F)cc3)C2c2cccnc2)cc1C(C)C. The zero-order valence-electron chi connectivity index (χ0n) is 19.9. The van der Waals surface area contributed by atoms with Gasteiger partial charge < -0.3 is 14.7 Å². The molecule has 1 aromatic heterocycles. The predicted octanol–water partition coefficient (Wildman–Crippen LogP) is 5.02. The van der Waals surface area contributed by atoms with E-state index in [9.17, 15) is 19.1 Å². The Balaban J connectivity index is 1.78. The maximum Gasteiger partial charge on any atom is 0.295 e. The van der Waals surface area contributed by atoms with Crippen molar-refractivity contribution < 1.29 is 23.8 Å². The van der Waals surface area contributed by atoms with E-state index in [4.69, 9.17) is 4.74 Å². The average Bonchev–Trinajstić information content (AvgIpc) is 3.13. The molecule has 1 aliphatic rings. The molecule has 2 heterocycles. The Bertz CT molecular complexity index is 1270. The van der Waals surface area contributed by atoms with Gasteiger partial charge in [0.15, 0.2) is 0 Å². The highest BCUT2D eigenvalue weighted by Crippen LogP contribution is 2.40. The van der Waals surface area contributed by atoms with Crippen molar-refractivity contribution in [1.29, 1.82) is 0 Å². The summed E-state index contributed by atoms with van der Waals surface area (Å²) >= 11 is 0. The van der Waals surface area contributed by atoms with Crippen molar-refractivity contribution in [3.05, 3.63) is 101 Å². The van der Waals surface area contributed by atoms with Gasteiger partial charge in [-0.1, -0.05) is 32.0 Å². The second-order valence-corrected chi connectivity index (χ2v) is 8.77. The number of hydrogen-bond donors (Lipinski definition) is 1. The van der Waals surface area contributed by atoms with Crippen LogP contribution in [0, 0.1) is 5.82 Å². The summed E-state index contributed by atoms with van der Waals surface area (Å²) in [6.07, 6.45) is 3.61. The van der Waals surface area contributed by atoms with Crippen molar-refractivity contribution in [2.24, 2.45) is 0 Å². The molecule has 1 N–H and O–H groups in total. The topological polar surface area (TPSA) is 79.7 Å². The Hall–Kier alpha value is -4.00. The molecule has 1 amide bonds. The van der Waals surface area contributed by atoms with Gasteiger partial charge in [0.25, 0.3) is 11.7 Å². The van der Waals surface area contributed by atoms with E-state index < -0.39 is 17.7 Å². The van der Waals surface area contributed by atoms with Crippen LogP contribution in [0.2, 0.25) is 0 Å². The van der Waals surface area contributed by atoms with E-state index in [1.807, 2.05) is 13.8 Å². The Morgan fingerprint density at radius 1 is 1.14 bits per heavy atom. The summed E-state index contributed by atoms with van der Waals surface area (Å²) in [6, 6.07) is 13.9. The molecule has 3 aromatic rings. The molecule has 4 rings (SSSR count). The average molecular weight is 475 g/mol. The summed E-state index contributed by atoms with van der Waals surface area (Å²) in [7, 11) is 1.58. The lowest BCUT2D eigenvalue weighted by molar-refractivity contribution is -0.139. The zero-order valence-corrected chi connectivity index (χ0v) is 19.9. The number of benzene rings is 2. The van der Waals surface area contributed by atoms with Gasteiger partial charge in [-0.3, -0.25) is 14.6 Å². The first-order valence-electron chi connectivity index (χ1n) is 11.4. The molecule has 0 saturated carbocycles. The van der Waals surface area contributed by atoms with E-state index in [1.165, 1.54) is 17.0 Å². The Labute approximate surface area is 203 Å². The van der Waals surface area contributed by atoms with Gasteiger partial charge in [0.1, 0.15) is 17.3 Å². The van der Waals surface area contributed by atoms with Gasteiger partial charge in [-0.15, -0.1) is 0 Å². The number of Topliss-reactive ketones (excluding diaryl/α,β-unsaturated/α-hetero) is 1. The number of amides is 1. The number of aliphatic hydroxyl groups excluding tert-OH is 1. The fourth-order valence-electron chi connectivity index (χ4n) is 4.38. The fraction of sp³-hybridized carbons (Fsp3) is 0.250. The molecule has 6 nitrogen and oxygen atoms in total. The molecule has 1 atom stereocenters. The first-order valence-corrected chi connectivity index (χ1v) is 11.4. The van der Waals surface area contributed by atoms with Gasteiger partial charge in [-0.05, 0) is 65.4 Å². The largest absolute Gasteiger partial charge is 0.507 e. The number of methoxy groups -OCH3 is 1. The summed E-state index contributed by atoms with van der Waals surface area (Å²) in [5.74, 6) is -1.24. The Morgan fingerprint density at radius 3 is 2.51 bits per heavy atom. The van der Waals surface area contributed by atoms with E-state index in [0.29, 0.717) is 23.3 Å². The standard InChI is InChI=1S/C28H27FN2O4/c1-17(2)22-15-19(8-11-23(22)35-3)26(32)24-25(20-5-4-13-30-16-20)31(28(34)27(24)33)14-12-18-6-9-21(29)10-7-18/h4-11,13,15-17,25,32H,12,14H2,1-3H3/b26-24-. The van der Waals surface area contributed by atoms with Crippen LogP contribution in [-0.2, 0) is 16.0 Å². The van der Waals surface area contributed by atoms with Gasteiger partial charge >= 0.3 is 0 Å². The number of ether oxygens (including phenoxy) is 1. The molecular formula is C28H27FN2O4. The minimum atomic E-state index is -0.797. The molecule has 1 aliphatic heterocycles. The lowest BCUT2D eigenvalue weighted by atomic mass is 9.93. The first-order chi connectivity index (χ1) is 16.8. The number of pyridine rings is 1. The highest BCUT2D eigenvalue weighted by Gasteiger charge is 2.46. The van der Waals surface area contributed by atoms with Gasteiger partial charge in [0.2, 0.25) is 0 Å². The number of carbonyl (C=O) groups is 2. The Kier molecular flexibility index (Phi) is 6.96. The van der Waals surface area contributed by atoms with Gasteiger partial charge in [0, 0.05) is 24.5 Å². The van der Waals surface area contributed by atoms with Crippen LogP contribution in [0.4, 0.5) is 4.39 Å². The number of ketones is 1. The fourth-order valence-corrected chi connectivity index (χ4v) is 4.38. The molecule has 7 heteroatoms. The first kappa shape index (κ1) is 24.1. The van der Waals surface area contributed by atoms with E-state index in [1.54, 1.807) is 62.0 Å². The van der Waals surface area contributed by atoms with E-state index in [0.717, 1.165) is 11.1 Å².